The number of aliphatic carboxylic acids is 3. The van der Waals surface area contributed by atoms with E-state index in [-0.39, 0.29) is 29.5 Å². The van der Waals surface area contributed by atoms with E-state index >= 15 is 0 Å². The predicted octanol–water partition coefficient (Wildman–Crippen LogP) is 12.2. The van der Waals surface area contributed by atoms with Crippen molar-refractivity contribution in [2.45, 2.75) is 124 Å². The van der Waals surface area contributed by atoms with E-state index in [4.69, 9.17) is 4.74 Å². The number of hydrogen-bond acceptors (Lipinski definition) is 11. The minimum Gasteiger partial charge on any atom is -0.497 e. The molecule has 0 saturated carbocycles. The van der Waals surface area contributed by atoms with Crippen molar-refractivity contribution in [2.24, 2.45) is 17.8 Å². The molecule has 17 nitrogen and oxygen atoms in total. The Morgan fingerprint density at radius 3 is 1.41 bits per heavy atom. The Balaban J connectivity index is 0.000000144. The lowest BCUT2D eigenvalue weighted by atomic mass is 9.93. The number of carboxylic acid groups (broad SMARTS) is 3. The molecule has 94 heavy (non-hydrogen) atoms. The number of methoxy groups -OCH3 is 1. The molecule has 6 aromatic carbocycles. The van der Waals surface area contributed by atoms with Gasteiger partial charge in [-0.3, -0.25) is 14.4 Å². The third kappa shape index (κ3) is 12.7. The van der Waals surface area contributed by atoms with Gasteiger partial charge in [0, 0.05) is 100 Å². The van der Waals surface area contributed by atoms with Gasteiger partial charge in [-0.2, -0.15) is 17.6 Å². The van der Waals surface area contributed by atoms with Gasteiger partial charge in [0.2, 0.25) is 16.0 Å². The number of carboxylic acids is 3. The van der Waals surface area contributed by atoms with E-state index in [2.05, 4.69) is 9.30 Å². The van der Waals surface area contributed by atoms with Gasteiger partial charge < -0.3 is 38.5 Å². The van der Waals surface area contributed by atoms with Crippen LogP contribution in [0.1, 0.15) is 92.6 Å². The van der Waals surface area contributed by atoms with Gasteiger partial charge in [0.1, 0.15) is 17.3 Å². The second-order valence-corrected chi connectivity index (χ2v) is 30.5. The first-order valence-corrected chi connectivity index (χ1v) is 35.2. The summed E-state index contributed by atoms with van der Waals surface area (Å²) in [4.78, 5) is 34.4. The molecule has 3 aromatic heterocycles. The van der Waals surface area contributed by atoms with E-state index in [1.165, 1.54) is 30.5 Å². The van der Waals surface area contributed by atoms with Crippen LogP contribution in [0, 0.1) is 37.4 Å². The molecule has 0 radical (unpaired) electrons. The Labute approximate surface area is 536 Å². The highest BCUT2D eigenvalue weighted by Crippen LogP contribution is 2.52. The summed E-state index contributed by atoms with van der Waals surface area (Å²) in [5.74, 6) is -3.72. The van der Waals surface area contributed by atoms with E-state index in [0.29, 0.717) is 91.4 Å². The lowest BCUT2D eigenvalue weighted by Gasteiger charge is -2.23. The maximum Gasteiger partial charge on any atom is 0.387 e. The summed E-state index contributed by atoms with van der Waals surface area (Å²) >= 11 is 0. The van der Waals surface area contributed by atoms with Crippen LogP contribution in [0.3, 0.4) is 0 Å². The van der Waals surface area contributed by atoms with Crippen LogP contribution in [0.4, 0.5) is 26.3 Å². The van der Waals surface area contributed by atoms with Gasteiger partial charge in [-0.15, -0.1) is 0 Å². The smallest absolute Gasteiger partial charge is 0.387 e. The Morgan fingerprint density at radius 1 is 0.585 bits per heavy atom. The average Bonchev–Trinajstić information content (AvgIpc) is 1.60. The number of hydrogen-bond donors (Lipinski definition) is 3. The number of aromatic nitrogens is 3. The molecule has 4 aliphatic heterocycles. The largest absolute Gasteiger partial charge is 0.497 e. The highest BCUT2D eigenvalue weighted by atomic mass is 32.2. The molecule has 0 aliphatic carbocycles. The number of sulfone groups is 3. The van der Waals surface area contributed by atoms with Crippen molar-refractivity contribution in [3.8, 4) is 11.5 Å². The summed E-state index contributed by atoms with van der Waals surface area (Å²) in [6.07, 6.45) is 3.82. The van der Waals surface area contributed by atoms with Crippen molar-refractivity contribution < 1.29 is 90.8 Å². The van der Waals surface area contributed by atoms with Crippen molar-refractivity contribution in [1.82, 2.24) is 13.7 Å². The number of aryl methyl sites for hydroxylation is 2. The third-order valence-electron chi connectivity index (χ3n) is 18.6. The molecule has 0 bridgehead atoms. The molecule has 0 fully saturated rings. The Morgan fingerprint density at radius 2 is 1.00 bits per heavy atom. The fourth-order valence-electron chi connectivity index (χ4n) is 13.6. The van der Waals surface area contributed by atoms with Gasteiger partial charge in [-0.05, 0) is 188 Å². The first kappa shape index (κ1) is 66.8. The molecule has 4 aliphatic rings. The van der Waals surface area contributed by atoms with Crippen molar-refractivity contribution >= 4 is 80.1 Å². The fourth-order valence-corrected chi connectivity index (χ4v) is 16.4. The van der Waals surface area contributed by atoms with Crippen molar-refractivity contribution in [1.29, 1.82) is 0 Å². The number of ether oxygens (including phenoxy) is 2. The molecule has 3 N–H and O–H groups in total. The Kier molecular flexibility index (Phi) is 18.0. The predicted molar refractivity (Wildman–Crippen MR) is 337 cm³/mol. The lowest BCUT2D eigenvalue weighted by molar-refractivity contribution is -0.143. The van der Waals surface area contributed by atoms with Crippen LogP contribution in [0.25, 0.3) is 32.7 Å². The molecule has 4 unspecified atom stereocenters. The van der Waals surface area contributed by atoms with Gasteiger partial charge in [-0.1, -0.05) is 24.3 Å². The molecular formula is C68H65F6N3O14S3. The number of rotatable bonds is 14. The van der Waals surface area contributed by atoms with Crippen molar-refractivity contribution in [3.63, 3.8) is 0 Å². The maximum absolute atomic E-state index is 14.3. The zero-order chi connectivity index (χ0) is 67.8. The van der Waals surface area contributed by atoms with Crippen LogP contribution in [-0.2, 0) is 102 Å². The standard InChI is InChI=1S/C23H23F2NO5S.C23H25NO5S.C22H17F4NO4S/c1-13-9-17(32(2,29)30)6-3-14(13)10-18-19-11-16(31-23(24)25)5-8-21(19)26-12-15(22(27)28)4-7-20(18)26;1-14-10-18(30(3,27)28)7-4-15(14)11-19-20-12-17(29-2)6-9-22(20)24-13-16(23(25)26)5-8-21(19)24;23-13-3-5-18-15(9-13)14(17-4-2-12(21(28)29)10-27(17)18)7-11-1-6-19-16(8-11)20(24)22(25,26)32(19,30)31/h3,5-6,8-9,11,15,23H,4,7,10,12H2,1-2H3,(H,27,28);4,6-7,9-10,12,16H,5,8,11,13H2,1-3H3,(H,25,26);1,3,5-6,8-9,12,20H,2,4,7,10H2,(H,28,29). The van der Waals surface area contributed by atoms with Crippen LogP contribution in [0.5, 0.6) is 11.5 Å². The summed E-state index contributed by atoms with van der Waals surface area (Å²) in [6, 6.07) is 28.4. The van der Waals surface area contributed by atoms with E-state index in [9.17, 15) is 81.3 Å². The number of halogens is 6. The Bertz CT molecular complexity index is 4940. The highest BCUT2D eigenvalue weighted by Gasteiger charge is 2.61. The summed E-state index contributed by atoms with van der Waals surface area (Å²) in [5.41, 5.74) is 11.6. The number of nitrogens with zero attached hydrogens (tertiary/aromatic N) is 3. The number of alkyl halides is 5. The first-order valence-electron chi connectivity index (χ1n) is 30.0. The van der Waals surface area contributed by atoms with Crippen LogP contribution >= 0.6 is 0 Å². The monoisotopic (exact) mass is 1360 g/mol. The summed E-state index contributed by atoms with van der Waals surface area (Å²) < 4.78 is 169. The van der Waals surface area contributed by atoms with Gasteiger partial charge >= 0.3 is 29.8 Å². The van der Waals surface area contributed by atoms with Crippen LogP contribution < -0.4 is 9.47 Å². The van der Waals surface area contributed by atoms with Crippen LogP contribution in [-0.4, -0.2) is 104 Å². The van der Waals surface area contributed by atoms with Crippen molar-refractivity contribution in [3.05, 3.63) is 182 Å². The zero-order valence-corrected chi connectivity index (χ0v) is 53.9. The average molecular weight is 1360 g/mol. The molecule has 0 amide bonds. The first-order chi connectivity index (χ1) is 44.2. The quantitative estimate of drug-likeness (QED) is 0.0857. The Hall–Kier alpha value is -8.62. The van der Waals surface area contributed by atoms with Gasteiger partial charge in [0.15, 0.2) is 19.7 Å². The molecule has 0 spiro atoms. The van der Waals surface area contributed by atoms with Crippen LogP contribution in [0.15, 0.2) is 124 Å². The van der Waals surface area contributed by atoms with Crippen molar-refractivity contribution in [2.75, 3.05) is 19.6 Å². The van der Waals surface area contributed by atoms with E-state index in [1.54, 1.807) is 55.6 Å². The second-order valence-electron chi connectivity index (χ2n) is 24.5. The summed E-state index contributed by atoms with van der Waals surface area (Å²) in [5, 5.41) is 26.2. The second kappa shape index (κ2) is 25.3. The minimum absolute atomic E-state index is 0.0376. The molecule has 0 saturated heterocycles. The SMILES string of the molecule is COc1ccc2c(c1)c(Cc1ccc(S(C)(=O)=O)cc1C)c1n2CC(C(=O)O)CC1.Cc1cc(S(C)(=O)=O)ccc1Cc1c2n(c3ccc(OC(F)F)cc13)CC(C(=O)O)CC2.O=C(O)C1CCc2c(Cc3ccc4c(c3)C(F)C(F)(F)S4(=O)=O)c3cc(F)ccc3n2C1. The highest BCUT2D eigenvalue weighted by molar-refractivity contribution is 7.93. The summed E-state index contributed by atoms with van der Waals surface area (Å²) in [6.45, 7) is 1.79. The van der Waals surface area contributed by atoms with E-state index in [0.717, 1.165) is 96.4 Å². The number of benzene rings is 6. The van der Waals surface area contributed by atoms with Gasteiger partial charge in [-0.25, -0.2) is 34.0 Å². The number of fused-ring (bicyclic) bond motifs is 10. The maximum atomic E-state index is 14.3. The topological polar surface area (TPSA) is 248 Å². The van der Waals surface area contributed by atoms with Crippen LogP contribution in [0.2, 0.25) is 0 Å². The fraction of sp³-hybridized carbons (Fsp3) is 0.338. The lowest BCUT2D eigenvalue weighted by Crippen LogP contribution is -2.26. The zero-order valence-electron chi connectivity index (χ0n) is 51.4. The van der Waals surface area contributed by atoms with E-state index in [1.807, 2.05) is 47.2 Å². The molecular weight excluding hydrogens is 1290 g/mol. The normalized spacial score (nSPS) is 18.7. The van der Waals surface area contributed by atoms with Gasteiger partial charge in [0.05, 0.1) is 39.5 Å². The van der Waals surface area contributed by atoms with Gasteiger partial charge in [0.25, 0.3) is 0 Å². The third-order valence-corrected chi connectivity index (χ3v) is 22.7. The molecule has 9 aromatic rings. The molecule has 7 heterocycles. The summed E-state index contributed by atoms with van der Waals surface area (Å²) in [7, 11) is -10.1. The van der Waals surface area contributed by atoms with E-state index < -0.39 is 93.6 Å². The molecule has 13 rings (SSSR count). The molecule has 4 atom stereocenters. The minimum atomic E-state index is -5.10. The molecule has 26 heteroatoms. The molecule has 496 valence electrons. The number of carbonyl (C=O) groups is 3.